The molecule has 2 heterocycles. The number of piperidine rings is 2. The van der Waals surface area contributed by atoms with Gasteiger partial charge >= 0.3 is 5.97 Å². The summed E-state index contributed by atoms with van der Waals surface area (Å²) in [6, 6.07) is -0.716. The number of aliphatic carboxylic acids is 1. The molecule has 2 saturated heterocycles. The Hall–Kier alpha value is -2.48. The minimum absolute atomic E-state index is 0.113. The summed E-state index contributed by atoms with van der Waals surface area (Å²) in [6.45, 7) is 18.5. The number of carbonyl (C=O) groups excluding carboxylic acids is 2. The molecule has 0 saturated carbocycles. The van der Waals surface area contributed by atoms with Gasteiger partial charge in [-0.3, -0.25) is 19.4 Å². The molecule has 0 bridgehead atoms. The monoisotopic (exact) mass is 506 g/mol. The van der Waals surface area contributed by atoms with Crippen LogP contribution in [0, 0.1) is 11.8 Å². The average molecular weight is 507 g/mol. The summed E-state index contributed by atoms with van der Waals surface area (Å²) < 4.78 is 0. The molecule has 2 aliphatic heterocycles. The van der Waals surface area contributed by atoms with Crippen molar-refractivity contribution in [3.05, 3.63) is 24.4 Å². The quantitative estimate of drug-likeness (QED) is 0.297. The highest BCUT2D eigenvalue weighted by atomic mass is 16.4. The van der Waals surface area contributed by atoms with Crippen molar-refractivity contribution >= 4 is 23.5 Å². The van der Waals surface area contributed by atoms with Crippen molar-refractivity contribution in [3.63, 3.8) is 0 Å². The first-order chi connectivity index (χ1) is 17.3. The molecule has 3 N–H and O–H groups in total. The van der Waals surface area contributed by atoms with Crippen molar-refractivity contribution in [1.82, 2.24) is 15.5 Å². The van der Waals surface area contributed by atoms with Crippen molar-refractivity contribution in [2.24, 2.45) is 16.8 Å². The number of carboxylic acids is 1. The van der Waals surface area contributed by atoms with E-state index in [-0.39, 0.29) is 24.2 Å². The summed E-state index contributed by atoms with van der Waals surface area (Å²) in [5.41, 5.74) is 1.36. The first-order valence-electron chi connectivity index (χ1n) is 13.6. The molecular formula is C28H50N4O4. The minimum Gasteiger partial charge on any atom is -0.481 e. The van der Waals surface area contributed by atoms with E-state index in [1.807, 2.05) is 41.5 Å². The largest absolute Gasteiger partial charge is 0.481 e. The van der Waals surface area contributed by atoms with Gasteiger partial charge in [-0.25, -0.2) is 0 Å². The number of aliphatic imine (C=N–C) groups is 1. The van der Waals surface area contributed by atoms with Gasteiger partial charge in [-0.2, -0.15) is 0 Å². The molecule has 206 valence electrons. The molecule has 0 spiro atoms. The van der Waals surface area contributed by atoms with Crippen LogP contribution in [-0.4, -0.2) is 65.7 Å². The van der Waals surface area contributed by atoms with Crippen molar-refractivity contribution < 1.29 is 19.5 Å². The molecule has 0 aliphatic carbocycles. The van der Waals surface area contributed by atoms with Gasteiger partial charge in [0.1, 0.15) is 0 Å². The summed E-state index contributed by atoms with van der Waals surface area (Å²) in [5, 5.41) is 15.5. The fourth-order valence-corrected chi connectivity index (χ4v) is 4.28. The maximum Gasteiger partial charge on any atom is 0.305 e. The maximum absolute atomic E-state index is 13.0. The molecule has 2 aliphatic rings. The lowest BCUT2D eigenvalue weighted by molar-refractivity contribution is -0.137. The summed E-state index contributed by atoms with van der Waals surface area (Å²) >= 11 is 0. The van der Waals surface area contributed by atoms with E-state index < -0.39 is 12.0 Å². The highest BCUT2D eigenvalue weighted by molar-refractivity contribution is 5.83. The lowest BCUT2D eigenvalue weighted by Gasteiger charge is -2.33. The van der Waals surface area contributed by atoms with Gasteiger partial charge in [0.2, 0.25) is 11.8 Å². The van der Waals surface area contributed by atoms with Gasteiger partial charge in [-0.1, -0.05) is 40.3 Å². The number of carbonyl (C=O) groups is 3. The number of nitrogens with zero attached hydrogens (tertiary/aromatic N) is 2. The van der Waals surface area contributed by atoms with Crippen LogP contribution in [0.1, 0.15) is 86.5 Å². The second-order valence-electron chi connectivity index (χ2n) is 8.98. The summed E-state index contributed by atoms with van der Waals surface area (Å²) in [5.74, 6) is -0.872. The average Bonchev–Trinajstić information content (AvgIpc) is 2.90. The zero-order valence-corrected chi connectivity index (χ0v) is 23.4. The van der Waals surface area contributed by atoms with E-state index in [4.69, 9.17) is 0 Å². The zero-order chi connectivity index (χ0) is 27.5. The highest BCUT2D eigenvalue weighted by Crippen LogP contribution is 2.22. The van der Waals surface area contributed by atoms with E-state index in [2.05, 4.69) is 22.2 Å². The van der Waals surface area contributed by atoms with Crippen molar-refractivity contribution in [1.29, 1.82) is 0 Å². The maximum atomic E-state index is 13.0. The van der Waals surface area contributed by atoms with Gasteiger partial charge in [-0.15, -0.1) is 0 Å². The number of amides is 2. The van der Waals surface area contributed by atoms with Gasteiger partial charge in [0, 0.05) is 31.4 Å². The fraction of sp³-hybridized carbons (Fsp3) is 0.714. The SMILES string of the molecule is C=C/C(=C\N=C(C)C)C(CC(=O)O)NC(=O)C1CCCN(C(=O)CCC2CCNCC2)C1.CC.CC. The van der Waals surface area contributed by atoms with E-state index in [9.17, 15) is 19.5 Å². The Morgan fingerprint density at radius 1 is 1.14 bits per heavy atom. The van der Waals surface area contributed by atoms with Crippen molar-refractivity contribution in [2.75, 3.05) is 26.2 Å². The normalized spacial score (nSPS) is 18.9. The second-order valence-corrected chi connectivity index (χ2v) is 8.98. The van der Waals surface area contributed by atoms with Crippen LogP contribution in [0.3, 0.4) is 0 Å². The van der Waals surface area contributed by atoms with Crippen LogP contribution in [0.4, 0.5) is 0 Å². The van der Waals surface area contributed by atoms with Gasteiger partial charge in [0.25, 0.3) is 0 Å². The molecule has 36 heavy (non-hydrogen) atoms. The third kappa shape index (κ3) is 13.0. The highest BCUT2D eigenvalue weighted by Gasteiger charge is 2.30. The molecule has 0 aromatic rings. The van der Waals surface area contributed by atoms with E-state index >= 15 is 0 Å². The lowest BCUT2D eigenvalue weighted by Crippen LogP contribution is -2.48. The number of rotatable bonds is 10. The standard InChI is InChI=1S/C24H38N4O4.2C2H6/c1-4-19(15-26-17(2)3)21(14-23(30)31)27-24(32)20-6-5-13-28(16-20)22(29)8-7-18-9-11-25-12-10-18;2*1-2/h4,15,18,20-21,25H,1,5-14,16H2,2-3H3,(H,27,32)(H,30,31);2*1-2H3/b19-15+;;. The van der Waals surface area contributed by atoms with E-state index in [0.29, 0.717) is 37.4 Å². The van der Waals surface area contributed by atoms with Gasteiger partial charge in [0.05, 0.1) is 18.4 Å². The lowest BCUT2D eigenvalue weighted by atomic mass is 9.92. The Bertz CT molecular complexity index is 738. The van der Waals surface area contributed by atoms with Crippen LogP contribution in [-0.2, 0) is 14.4 Å². The first-order valence-corrected chi connectivity index (χ1v) is 13.6. The topological polar surface area (TPSA) is 111 Å². The minimum atomic E-state index is -1.02. The van der Waals surface area contributed by atoms with Crippen molar-refractivity contribution in [2.45, 2.75) is 92.5 Å². The third-order valence-corrected chi connectivity index (χ3v) is 6.18. The first kappa shape index (κ1) is 33.5. The summed E-state index contributed by atoms with van der Waals surface area (Å²) in [6.07, 6.45) is 7.93. The molecule has 0 aromatic heterocycles. The molecule has 2 atom stereocenters. The van der Waals surface area contributed by atoms with Gasteiger partial charge < -0.3 is 20.6 Å². The molecular weight excluding hydrogens is 456 g/mol. The van der Waals surface area contributed by atoms with E-state index in [0.717, 1.165) is 44.5 Å². The number of carboxylic acid groups (broad SMARTS) is 1. The van der Waals surface area contributed by atoms with Crippen molar-refractivity contribution in [3.8, 4) is 0 Å². The predicted octanol–water partition coefficient (Wildman–Crippen LogP) is 4.57. The predicted molar refractivity (Wildman–Crippen MR) is 148 cm³/mol. The molecule has 2 fully saturated rings. The summed E-state index contributed by atoms with van der Waals surface area (Å²) in [7, 11) is 0. The Morgan fingerprint density at radius 3 is 2.33 bits per heavy atom. The number of hydrogen-bond donors (Lipinski definition) is 3. The Kier molecular flexibility index (Phi) is 18.3. The van der Waals surface area contributed by atoms with E-state index in [1.54, 1.807) is 11.1 Å². The molecule has 2 unspecified atom stereocenters. The van der Waals surface area contributed by atoms with Crippen LogP contribution in [0.5, 0.6) is 0 Å². The molecule has 0 radical (unpaired) electrons. The smallest absolute Gasteiger partial charge is 0.305 e. The number of hydrogen-bond acceptors (Lipinski definition) is 5. The van der Waals surface area contributed by atoms with E-state index in [1.165, 1.54) is 6.08 Å². The fourth-order valence-electron chi connectivity index (χ4n) is 4.28. The van der Waals surface area contributed by atoms with Crippen LogP contribution >= 0.6 is 0 Å². The Balaban J connectivity index is 0.00000291. The van der Waals surface area contributed by atoms with Gasteiger partial charge in [0.15, 0.2) is 0 Å². The van der Waals surface area contributed by atoms with Crippen LogP contribution in [0.25, 0.3) is 0 Å². The van der Waals surface area contributed by atoms with Gasteiger partial charge in [-0.05, 0) is 70.5 Å². The van der Waals surface area contributed by atoms with Crippen LogP contribution < -0.4 is 10.6 Å². The molecule has 8 nitrogen and oxygen atoms in total. The third-order valence-electron chi connectivity index (χ3n) is 6.18. The van der Waals surface area contributed by atoms with Crippen LogP contribution in [0.15, 0.2) is 29.4 Å². The molecule has 0 aromatic carbocycles. The second kappa shape index (κ2) is 19.7. The zero-order valence-electron chi connectivity index (χ0n) is 23.4. The molecule has 2 rings (SSSR count). The van der Waals surface area contributed by atoms with Crippen LogP contribution in [0.2, 0.25) is 0 Å². The molecule has 8 heteroatoms. The Morgan fingerprint density at radius 2 is 1.78 bits per heavy atom. The molecule has 2 amide bonds. The Labute approximate surface area is 218 Å². The number of likely N-dealkylation sites (tertiary alicyclic amines) is 1. The number of nitrogens with one attached hydrogen (secondary N) is 2. The summed E-state index contributed by atoms with van der Waals surface area (Å²) in [4.78, 5) is 43.1.